The SMILES string of the molecule is CN(C(=O)Cl)C1CCN(OC(=O)C(C)(C)C)CC1. The molecule has 1 fully saturated rings. The van der Waals surface area contributed by atoms with Gasteiger partial charge in [-0.25, -0.2) is 4.79 Å². The van der Waals surface area contributed by atoms with E-state index in [2.05, 4.69) is 0 Å². The zero-order valence-electron chi connectivity index (χ0n) is 11.4. The van der Waals surface area contributed by atoms with Crippen LogP contribution in [0, 0.1) is 5.41 Å². The lowest BCUT2D eigenvalue weighted by Gasteiger charge is -2.35. The Labute approximate surface area is 113 Å². The molecule has 104 valence electrons. The van der Waals surface area contributed by atoms with Gasteiger partial charge in [-0.2, -0.15) is 0 Å². The average Bonchev–Trinajstić information content (AvgIpc) is 2.27. The van der Waals surface area contributed by atoms with Crippen LogP contribution in [0.4, 0.5) is 4.79 Å². The Bertz CT molecular complexity index is 320. The summed E-state index contributed by atoms with van der Waals surface area (Å²) in [5.41, 5.74) is -0.500. The summed E-state index contributed by atoms with van der Waals surface area (Å²) in [5.74, 6) is -0.234. The monoisotopic (exact) mass is 276 g/mol. The number of hydrogen-bond donors (Lipinski definition) is 0. The molecule has 1 amide bonds. The van der Waals surface area contributed by atoms with Crippen LogP contribution >= 0.6 is 11.6 Å². The Morgan fingerprint density at radius 2 is 1.78 bits per heavy atom. The summed E-state index contributed by atoms with van der Waals surface area (Å²) < 4.78 is 0. The molecule has 1 aliphatic rings. The van der Waals surface area contributed by atoms with Gasteiger partial charge in [-0.05, 0) is 45.2 Å². The maximum absolute atomic E-state index is 11.7. The van der Waals surface area contributed by atoms with E-state index in [9.17, 15) is 9.59 Å². The van der Waals surface area contributed by atoms with Gasteiger partial charge >= 0.3 is 11.3 Å². The van der Waals surface area contributed by atoms with Crippen molar-refractivity contribution >= 4 is 22.9 Å². The predicted molar refractivity (Wildman–Crippen MR) is 69.2 cm³/mol. The minimum Gasteiger partial charge on any atom is -0.367 e. The van der Waals surface area contributed by atoms with Crippen LogP contribution in [0.1, 0.15) is 33.6 Å². The van der Waals surface area contributed by atoms with E-state index in [0.29, 0.717) is 13.1 Å². The van der Waals surface area contributed by atoms with Crippen molar-refractivity contribution in [3.8, 4) is 0 Å². The second kappa shape index (κ2) is 5.89. The van der Waals surface area contributed by atoms with E-state index in [1.807, 2.05) is 20.8 Å². The Balaban J connectivity index is 2.41. The van der Waals surface area contributed by atoms with Crippen LogP contribution in [-0.4, -0.2) is 47.5 Å². The molecule has 18 heavy (non-hydrogen) atoms. The molecule has 1 rings (SSSR count). The Morgan fingerprint density at radius 3 is 2.17 bits per heavy atom. The molecule has 6 heteroatoms. The molecule has 1 saturated heterocycles. The summed E-state index contributed by atoms with van der Waals surface area (Å²) in [6.07, 6.45) is 1.51. The maximum atomic E-state index is 11.7. The third kappa shape index (κ3) is 4.14. The molecule has 1 heterocycles. The van der Waals surface area contributed by atoms with Gasteiger partial charge in [0.05, 0.1) is 5.41 Å². The van der Waals surface area contributed by atoms with E-state index < -0.39 is 10.8 Å². The molecule has 0 aromatic heterocycles. The second-order valence-electron chi connectivity index (χ2n) is 5.65. The molecule has 1 aliphatic heterocycles. The molecule has 0 N–H and O–H groups in total. The highest BCUT2D eigenvalue weighted by molar-refractivity contribution is 6.62. The molecule has 0 bridgehead atoms. The van der Waals surface area contributed by atoms with Crippen LogP contribution < -0.4 is 0 Å². The van der Waals surface area contributed by atoms with Crippen molar-refractivity contribution in [1.29, 1.82) is 0 Å². The fraction of sp³-hybridized carbons (Fsp3) is 0.833. The number of halogens is 1. The first-order valence-electron chi connectivity index (χ1n) is 6.11. The van der Waals surface area contributed by atoms with Gasteiger partial charge in [0.25, 0.3) is 0 Å². The van der Waals surface area contributed by atoms with Gasteiger partial charge in [0.2, 0.25) is 0 Å². The molecule has 5 nitrogen and oxygen atoms in total. The zero-order chi connectivity index (χ0) is 13.9. The molecular weight excluding hydrogens is 256 g/mol. The van der Waals surface area contributed by atoms with Crippen molar-refractivity contribution < 1.29 is 14.4 Å². The maximum Gasteiger partial charge on any atom is 0.330 e. The molecule has 0 spiro atoms. The van der Waals surface area contributed by atoms with Crippen molar-refractivity contribution in [3.05, 3.63) is 0 Å². The number of hydroxylamine groups is 2. The summed E-state index contributed by atoms with van der Waals surface area (Å²) in [6, 6.07) is 0.125. The quantitative estimate of drug-likeness (QED) is 0.573. The van der Waals surface area contributed by atoms with Gasteiger partial charge < -0.3 is 9.74 Å². The topological polar surface area (TPSA) is 49.9 Å². The Kier molecular flexibility index (Phi) is 4.99. The van der Waals surface area contributed by atoms with Crippen LogP contribution in [0.5, 0.6) is 0 Å². The van der Waals surface area contributed by atoms with Crippen molar-refractivity contribution in [3.63, 3.8) is 0 Å². The summed E-state index contributed by atoms with van der Waals surface area (Å²) >= 11 is 5.43. The highest BCUT2D eigenvalue weighted by Crippen LogP contribution is 2.20. The summed E-state index contributed by atoms with van der Waals surface area (Å²) in [5, 5.41) is 1.22. The van der Waals surface area contributed by atoms with Gasteiger partial charge in [-0.15, -0.1) is 5.06 Å². The number of carbonyl (C=O) groups is 2. The van der Waals surface area contributed by atoms with Crippen LogP contribution in [0.2, 0.25) is 0 Å². The standard InChI is InChI=1S/C12H21ClN2O3/c1-12(2,3)10(16)18-15-7-5-9(6-8-15)14(4)11(13)17/h9H,5-8H2,1-4H3. The molecular formula is C12H21ClN2O3. The van der Waals surface area contributed by atoms with Gasteiger partial charge in [0.1, 0.15) is 0 Å². The smallest absolute Gasteiger partial charge is 0.330 e. The third-order valence-corrected chi connectivity index (χ3v) is 3.34. The fourth-order valence-electron chi connectivity index (χ4n) is 1.72. The molecule has 0 atom stereocenters. The van der Waals surface area contributed by atoms with Crippen molar-refractivity contribution in [2.75, 3.05) is 20.1 Å². The molecule has 0 unspecified atom stereocenters. The summed E-state index contributed by atoms with van der Waals surface area (Å²) in [6.45, 7) is 6.72. The highest BCUT2D eigenvalue weighted by Gasteiger charge is 2.30. The van der Waals surface area contributed by atoms with E-state index in [0.717, 1.165) is 12.8 Å². The van der Waals surface area contributed by atoms with E-state index >= 15 is 0 Å². The lowest BCUT2D eigenvalue weighted by molar-refractivity contribution is -0.205. The predicted octanol–water partition coefficient (Wildman–Crippen LogP) is 2.25. The first-order chi connectivity index (χ1) is 8.21. The van der Waals surface area contributed by atoms with E-state index in [4.69, 9.17) is 16.4 Å². The van der Waals surface area contributed by atoms with Crippen LogP contribution in [0.3, 0.4) is 0 Å². The van der Waals surface area contributed by atoms with Crippen LogP contribution in [0.25, 0.3) is 0 Å². The Morgan fingerprint density at radius 1 is 1.28 bits per heavy atom. The highest BCUT2D eigenvalue weighted by atomic mass is 35.5. The van der Waals surface area contributed by atoms with E-state index in [1.165, 1.54) is 4.90 Å². The summed E-state index contributed by atoms with van der Waals surface area (Å²) in [4.78, 5) is 29.6. The second-order valence-corrected chi connectivity index (χ2v) is 5.98. The lowest BCUT2D eigenvalue weighted by Crippen LogP contribution is -2.45. The normalized spacial score (nSPS) is 18.5. The number of piperidine rings is 1. The average molecular weight is 277 g/mol. The van der Waals surface area contributed by atoms with Crippen LogP contribution in [0.15, 0.2) is 0 Å². The fourth-order valence-corrected chi connectivity index (χ4v) is 1.86. The molecule has 0 radical (unpaired) electrons. The van der Waals surface area contributed by atoms with Gasteiger partial charge in [0, 0.05) is 26.2 Å². The van der Waals surface area contributed by atoms with Gasteiger partial charge in [-0.3, -0.25) is 4.79 Å². The number of hydrogen-bond acceptors (Lipinski definition) is 4. The van der Waals surface area contributed by atoms with E-state index in [1.54, 1.807) is 12.1 Å². The largest absolute Gasteiger partial charge is 0.367 e. The minimum absolute atomic E-state index is 0.125. The Hall–Kier alpha value is -0.810. The lowest BCUT2D eigenvalue weighted by atomic mass is 9.98. The first-order valence-corrected chi connectivity index (χ1v) is 6.49. The summed E-state index contributed by atoms with van der Waals surface area (Å²) in [7, 11) is 1.69. The number of carbonyl (C=O) groups excluding carboxylic acids is 2. The number of nitrogens with zero attached hydrogens (tertiary/aromatic N) is 2. The molecule has 0 saturated carbocycles. The van der Waals surface area contributed by atoms with Crippen molar-refractivity contribution in [2.24, 2.45) is 5.41 Å². The van der Waals surface area contributed by atoms with Crippen molar-refractivity contribution in [2.45, 2.75) is 39.7 Å². The van der Waals surface area contributed by atoms with E-state index in [-0.39, 0.29) is 12.0 Å². The first kappa shape index (κ1) is 15.2. The number of rotatable bonds is 2. The van der Waals surface area contributed by atoms with Crippen LogP contribution in [-0.2, 0) is 9.63 Å². The zero-order valence-corrected chi connectivity index (χ0v) is 12.2. The number of amides is 1. The molecule has 0 aromatic rings. The van der Waals surface area contributed by atoms with Gasteiger partial charge in [0.15, 0.2) is 0 Å². The third-order valence-electron chi connectivity index (χ3n) is 3.07. The van der Waals surface area contributed by atoms with Gasteiger partial charge in [-0.1, -0.05) is 0 Å². The van der Waals surface area contributed by atoms with Crippen molar-refractivity contribution in [1.82, 2.24) is 9.96 Å². The molecule has 0 aromatic carbocycles. The minimum atomic E-state index is -0.500. The molecule has 0 aliphatic carbocycles.